The quantitative estimate of drug-likeness (QED) is 0.144. The lowest BCUT2D eigenvalue weighted by Gasteiger charge is -2.37. The van der Waals surface area contributed by atoms with Gasteiger partial charge in [0.05, 0.1) is 17.6 Å². The lowest BCUT2D eigenvalue weighted by atomic mass is 9.77. The number of ether oxygens (including phenoxy) is 1. The predicted octanol–water partition coefficient (Wildman–Crippen LogP) is 7.78. The van der Waals surface area contributed by atoms with Crippen LogP contribution in [-0.4, -0.2) is 15.8 Å². The summed E-state index contributed by atoms with van der Waals surface area (Å²) in [5.41, 5.74) is 5.51. The summed E-state index contributed by atoms with van der Waals surface area (Å²) in [5.74, 6) is 0.614. The Bertz CT molecular complexity index is 1600. The number of hydrogen-bond acceptors (Lipinski definition) is 3. The van der Waals surface area contributed by atoms with Gasteiger partial charge in [0.2, 0.25) is 0 Å². The van der Waals surface area contributed by atoms with Crippen LogP contribution >= 0.6 is 0 Å². The largest absolute Gasteiger partial charge is 0.488 e. The van der Waals surface area contributed by atoms with Gasteiger partial charge in [-0.3, -0.25) is 4.79 Å². The van der Waals surface area contributed by atoms with Crippen LogP contribution in [0.15, 0.2) is 152 Å². The maximum Gasteiger partial charge on any atom is 0.150 e. The number of aromatic nitrogens is 2. The molecule has 4 heteroatoms. The van der Waals surface area contributed by atoms with Crippen LogP contribution in [0.25, 0.3) is 11.3 Å². The molecule has 4 nitrogen and oxygen atoms in total. The fraction of sp³-hybridized carbons (Fsp3) is 0.0556. The zero-order valence-electron chi connectivity index (χ0n) is 21.9. The predicted molar refractivity (Wildman–Crippen MR) is 158 cm³/mol. The van der Waals surface area contributed by atoms with Gasteiger partial charge in [0, 0.05) is 11.8 Å². The molecular formula is C36H28N2O2. The van der Waals surface area contributed by atoms with E-state index in [1.165, 1.54) is 0 Å². The lowest BCUT2D eigenvalue weighted by molar-refractivity contribution is 0.112. The molecule has 1 heterocycles. The molecule has 6 aromatic rings. The SMILES string of the molecule is O=Cc1cccc(OCc2ccccc2)c1-c1cn(C(c2ccccc2)(c2ccccc2)c2ccccc2)cn1. The van der Waals surface area contributed by atoms with E-state index in [9.17, 15) is 4.79 Å². The first-order valence-electron chi connectivity index (χ1n) is 13.3. The molecule has 0 saturated heterocycles. The topological polar surface area (TPSA) is 44.1 Å². The first-order valence-corrected chi connectivity index (χ1v) is 13.3. The van der Waals surface area contributed by atoms with Crippen LogP contribution in [0.1, 0.15) is 32.6 Å². The van der Waals surface area contributed by atoms with E-state index in [-0.39, 0.29) is 0 Å². The summed E-state index contributed by atoms with van der Waals surface area (Å²) in [7, 11) is 0. The van der Waals surface area contributed by atoms with Crippen LogP contribution < -0.4 is 4.74 Å². The molecule has 0 aliphatic rings. The summed E-state index contributed by atoms with van der Waals surface area (Å²) in [5, 5.41) is 0. The zero-order chi connectivity index (χ0) is 27.2. The van der Waals surface area contributed by atoms with Gasteiger partial charge >= 0.3 is 0 Å². The first-order chi connectivity index (χ1) is 19.8. The van der Waals surface area contributed by atoms with Crippen molar-refractivity contribution in [2.45, 2.75) is 12.1 Å². The molecule has 0 radical (unpaired) electrons. The maximum absolute atomic E-state index is 12.2. The number of hydrogen-bond donors (Lipinski definition) is 0. The normalized spacial score (nSPS) is 11.2. The molecule has 0 N–H and O–H groups in total. The monoisotopic (exact) mass is 520 g/mol. The fourth-order valence-corrected chi connectivity index (χ4v) is 5.40. The van der Waals surface area contributed by atoms with Crippen LogP contribution in [0.2, 0.25) is 0 Å². The minimum Gasteiger partial charge on any atom is -0.488 e. The van der Waals surface area contributed by atoms with Crippen LogP contribution in [0.4, 0.5) is 0 Å². The van der Waals surface area contributed by atoms with Crippen molar-refractivity contribution in [3.8, 4) is 17.0 Å². The van der Waals surface area contributed by atoms with Gasteiger partial charge < -0.3 is 9.30 Å². The molecule has 6 rings (SSSR count). The second-order valence-corrected chi connectivity index (χ2v) is 9.59. The van der Waals surface area contributed by atoms with Crippen molar-refractivity contribution in [1.29, 1.82) is 0 Å². The number of carbonyl (C=O) groups is 1. The van der Waals surface area contributed by atoms with Crippen molar-refractivity contribution in [3.63, 3.8) is 0 Å². The Morgan fingerprint density at radius 2 is 1.18 bits per heavy atom. The molecule has 0 atom stereocenters. The van der Waals surface area contributed by atoms with Crippen molar-refractivity contribution in [2.24, 2.45) is 0 Å². The minimum absolute atomic E-state index is 0.388. The smallest absolute Gasteiger partial charge is 0.150 e. The van der Waals surface area contributed by atoms with Gasteiger partial charge in [-0.15, -0.1) is 0 Å². The van der Waals surface area contributed by atoms with Gasteiger partial charge in [0.15, 0.2) is 6.29 Å². The molecule has 0 amide bonds. The number of imidazole rings is 1. The van der Waals surface area contributed by atoms with Crippen molar-refractivity contribution in [3.05, 3.63) is 180 Å². The van der Waals surface area contributed by atoms with E-state index in [4.69, 9.17) is 9.72 Å². The Labute approximate surface area is 234 Å². The van der Waals surface area contributed by atoms with Crippen LogP contribution in [0.5, 0.6) is 5.75 Å². The standard InChI is InChI=1S/C36H28N2O2/c39-25-29-16-13-23-34(40-26-28-14-5-1-6-15-28)35(29)33-24-38(27-37-33)36(30-17-7-2-8-18-30,31-19-9-3-10-20-31)32-21-11-4-12-22-32/h1-25,27H,26H2. The molecule has 0 bridgehead atoms. The lowest BCUT2D eigenvalue weighted by Crippen LogP contribution is -2.36. The molecule has 0 aliphatic carbocycles. The molecule has 1 aromatic heterocycles. The van der Waals surface area contributed by atoms with Crippen molar-refractivity contribution in [2.75, 3.05) is 0 Å². The highest BCUT2D eigenvalue weighted by atomic mass is 16.5. The molecule has 0 spiro atoms. The summed E-state index contributed by atoms with van der Waals surface area (Å²) >= 11 is 0. The molecule has 40 heavy (non-hydrogen) atoms. The summed E-state index contributed by atoms with van der Waals surface area (Å²) in [4.78, 5) is 17.1. The van der Waals surface area contributed by atoms with E-state index in [1.807, 2.05) is 73.2 Å². The van der Waals surface area contributed by atoms with Gasteiger partial charge in [-0.05, 0) is 28.3 Å². The van der Waals surface area contributed by atoms with Crippen LogP contribution in [-0.2, 0) is 12.1 Å². The zero-order valence-corrected chi connectivity index (χ0v) is 21.9. The van der Waals surface area contributed by atoms with Gasteiger partial charge in [-0.2, -0.15) is 0 Å². The Hall–Kier alpha value is -5.22. The van der Waals surface area contributed by atoms with Crippen LogP contribution in [0.3, 0.4) is 0 Å². The Morgan fingerprint density at radius 1 is 0.650 bits per heavy atom. The third-order valence-corrected chi connectivity index (χ3v) is 7.22. The van der Waals surface area contributed by atoms with Crippen molar-refractivity contribution < 1.29 is 9.53 Å². The van der Waals surface area contributed by atoms with E-state index < -0.39 is 5.54 Å². The minimum atomic E-state index is -0.698. The van der Waals surface area contributed by atoms with E-state index in [1.54, 1.807) is 6.07 Å². The second kappa shape index (κ2) is 11.3. The Balaban J connectivity index is 1.54. The van der Waals surface area contributed by atoms with Gasteiger partial charge in [-0.25, -0.2) is 4.98 Å². The third kappa shape index (κ3) is 4.61. The number of aldehydes is 1. The maximum atomic E-state index is 12.2. The molecule has 194 valence electrons. The summed E-state index contributed by atoms with van der Waals surface area (Å²) < 4.78 is 8.40. The van der Waals surface area contributed by atoms with E-state index in [0.29, 0.717) is 29.2 Å². The van der Waals surface area contributed by atoms with Gasteiger partial charge in [0.1, 0.15) is 17.9 Å². The van der Waals surface area contributed by atoms with E-state index in [2.05, 4.69) is 77.4 Å². The molecule has 0 saturated carbocycles. The Morgan fingerprint density at radius 3 is 1.70 bits per heavy atom. The first kappa shape index (κ1) is 25.1. The molecule has 0 aliphatic heterocycles. The summed E-state index contributed by atoms with van der Waals surface area (Å²) in [6, 6.07) is 46.8. The molecule has 0 fully saturated rings. The average Bonchev–Trinajstić information content (AvgIpc) is 3.52. The van der Waals surface area contributed by atoms with Gasteiger partial charge in [-0.1, -0.05) is 133 Å². The van der Waals surface area contributed by atoms with E-state index in [0.717, 1.165) is 28.5 Å². The number of benzene rings is 5. The molecule has 0 unspecified atom stereocenters. The number of carbonyl (C=O) groups excluding carboxylic acids is 1. The van der Waals surface area contributed by atoms with Crippen molar-refractivity contribution in [1.82, 2.24) is 9.55 Å². The number of rotatable bonds is 9. The highest BCUT2D eigenvalue weighted by molar-refractivity contribution is 5.89. The highest BCUT2D eigenvalue weighted by Gasteiger charge is 2.38. The summed E-state index contributed by atoms with van der Waals surface area (Å²) in [6.45, 7) is 0.388. The van der Waals surface area contributed by atoms with E-state index >= 15 is 0 Å². The van der Waals surface area contributed by atoms with Gasteiger partial charge in [0.25, 0.3) is 0 Å². The third-order valence-electron chi connectivity index (χ3n) is 7.22. The van der Waals surface area contributed by atoms with Crippen LogP contribution in [0, 0.1) is 0 Å². The fourth-order valence-electron chi connectivity index (χ4n) is 5.40. The average molecular weight is 521 g/mol. The molecule has 5 aromatic carbocycles. The summed E-state index contributed by atoms with van der Waals surface area (Å²) in [6.07, 6.45) is 4.73. The van der Waals surface area contributed by atoms with Crippen molar-refractivity contribution >= 4 is 6.29 Å². The number of nitrogens with zero attached hydrogens (tertiary/aromatic N) is 2. The Kier molecular flexibility index (Phi) is 7.06. The molecular weight excluding hydrogens is 492 g/mol. The highest BCUT2D eigenvalue weighted by Crippen LogP contribution is 2.42. The second-order valence-electron chi connectivity index (χ2n) is 9.59.